The van der Waals surface area contributed by atoms with Gasteiger partial charge in [0, 0.05) is 11.4 Å². The van der Waals surface area contributed by atoms with Crippen molar-refractivity contribution in [1.29, 1.82) is 0 Å². The largest absolute Gasteiger partial charge is 0.393 e. The SMILES string of the molecule is CC(O)CC(C)(C)CNC(=O)C(C)c1ccc(Cl)s1. The molecule has 2 N–H and O–H groups in total. The van der Waals surface area contributed by atoms with Crippen molar-refractivity contribution in [3.05, 3.63) is 21.3 Å². The van der Waals surface area contributed by atoms with Gasteiger partial charge in [0.15, 0.2) is 0 Å². The van der Waals surface area contributed by atoms with Gasteiger partial charge in [0.1, 0.15) is 0 Å². The predicted octanol–water partition coefficient (Wildman–Crippen LogP) is 3.42. The first-order chi connectivity index (χ1) is 8.71. The van der Waals surface area contributed by atoms with Crippen LogP contribution in [-0.2, 0) is 4.79 Å². The van der Waals surface area contributed by atoms with Gasteiger partial charge in [-0.05, 0) is 37.8 Å². The first-order valence-corrected chi connectivity index (χ1v) is 7.62. The number of rotatable bonds is 6. The Balaban J connectivity index is 2.51. The highest BCUT2D eigenvalue weighted by Crippen LogP contribution is 2.28. The number of thiophene rings is 1. The lowest BCUT2D eigenvalue weighted by Crippen LogP contribution is -2.37. The van der Waals surface area contributed by atoms with Gasteiger partial charge in [-0.1, -0.05) is 25.4 Å². The van der Waals surface area contributed by atoms with E-state index in [9.17, 15) is 9.90 Å². The van der Waals surface area contributed by atoms with Gasteiger partial charge in [0.25, 0.3) is 0 Å². The molecule has 0 spiro atoms. The number of nitrogens with one attached hydrogen (secondary N) is 1. The number of aliphatic hydroxyl groups excluding tert-OH is 1. The number of amides is 1. The quantitative estimate of drug-likeness (QED) is 0.846. The van der Waals surface area contributed by atoms with E-state index in [0.717, 1.165) is 4.88 Å². The first kappa shape index (κ1) is 16.5. The number of aliphatic hydroxyl groups is 1. The van der Waals surface area contributed by atoms with E-state index in [0.29, 0.717) is 17.3 Å². The van der Waals surface area contributed by atoms with Crippen LogP contribution in [0.5, 0.6) is 0 Å². The fourth-order valence-electron chi connectivity index (χ4n) is 2.04. The highest BCUT2D eigenvalue weighted by molar-refractivity contribution is 7.16. The molecule has 0 aliphatic rings. The van der Waals surface area contributed by atoms with Gasteiger partial charge in [-0.3, -0.25) is 4.79 Å². The summed E-state index contributed by atoms with van der Waals surface area (Å²) in [5.41, 5.74) is -0.114. The van der Waals surface area contributed by atoms with E-state index < -0.39 is 0 Å². The summed E-state index contributed by atoms with van der Waals surface area (Å²) < 4.78 is 0.698. The minimum atomic E-state index is -0.361. The average Bonchev–Trinajstić information content (AvgIpc) is 2.70. The summed E-state index contributed by atoms with van der Waals surface area (Å²) in [7, 11) is 0. The highest BCUT2D eigenvalue weighted by atomic mass is 35.5. The summed E-state index contributed by atoms with van der Waals surface area (Å²) in [5, 5.41) is 12.4. The van der Waals surface area contributed by atoms with Gasteiger partial charge < -0.3 is 10.4 Å². The van der Waals surface area contributed by atoms with Crippen LogP contribution in [0.2, 0.25) is 4.34 Å². The molecule has 0 saturated carbocycles. The van der Waals surface area contributed by atoms with E-state index in [-0.39, 0.29) is 23.3 Å². The predicted molar refractivity (Wildman–Crippen MR) is 80.8 cm³/mol. The van der Waals surface area contributed by atoms with E-state index in [4.69, 9.17) is 11.6 Å². The maximum absolute atomic E-state index is 12.1. The normalized spacial score (nSPS) is 15.1. The van der Waals surface area contributed by atoms with Crippen molar-refractivity contribution in [2.45, 2.75) is 46.1 Å². The molecule has 1 amide bonds. The maximum Gasteiger partial charge on any atom is 0.228 e. The Labute approximate surface area is 124 Å². The third-order valence-corrected chi connectivity index (χ3v) is 4.42. The lowest BCUT2D eigenvalue weighted by molar-refractivity contribution is -0.122. The average molecular weight is 304 g/mol. The Morgan fingerprint density at radius 1 is 1.47 bits per heavy atom. The molecule has 0 bridgehead atoms. The molecular weight excluding hydrogens is 282 g/mol. The second kappa shape index (κ2) is 6.73. The highest BCUT2D eigenvalue weighted by Gasteiger charge is 2.23. The molecular formula is C14H22ClNO2S. The standard InChI is InChI=1S/C14H22ClNO2S/c1-9(17)7-14(3,4)8-16-13(18)10(2)11-5-6-12(15)19-11/h5-6,9-10,17H,7-8H2,1-4H3,(H,16,18). The van der Waals surface area contributed by atoms with Crippen LogP contribution >= 0.6 is 22.9 Å². The van der Waals surface area contributed by atoms with Crippen LogP contribution in [0.1, 0.15) is 44.9 Å². The lowest BCUT2D eigenvalue weighted by Gasteiger charge is -2.27. The third-order valence-electron chi connectivity index (χ3n) is 3.00. The fraction of sp³-hybridized carbons (Fsp3) is 0.643. The van der Waals surface area contributed by atoms with E-state index >= 15 is 0 Å². The van der Waals surface area contributed by atoms with Gasteiger partial charge in [-0.25, -0.2) is 0 Å². The van der Waals surface area contributed by atoms with Crippen LogP contribution in [0.25, 0.3) is 0 Å². The summed E-state index contributed by atoms with van der Waals surface area (Å²) in [6, 6.07) is 3.70. The van der Waals surface area contributed by atoms with Crippen LogP contribution < -0.4 is 5.32 Å². The van der Waals surface area contributed by atoms with Crippen LogP contribution in [0.15, 0.2) is 12.1 Å². The summed E-state index contributed by atoms with van der Waals surface area (Å²) in [5.74, 6) is -0.197. The molecule has 2 unspecified atom stereocenters. The molecule has 0 saturated heterocycles. The van der Waals surface area contributed by atoms with Crippen LogP contribution in [0.3, 0.4) is 0 Å². The van der Waals surface area contributed by atoms with Gasteiger partial charge in [-0.15, -0.1) is 11.3 Å². The van der Waals surface area contributed by atoms with Crippen molar-refractivity contribution in [3.63, 3.8) is 0 Å². The van der Waals surface area contributed by atoms with E-state index in [2.05, 4.69) is 5.32 Å². The van der Waals surface area contributed by atoms with Crippen molar-refractivity contribution in [2.24, 2.45) is 5.41 Å². The Morgan fingerprint density at radius 3 is 2.58 bits per heavy atom. The van der Waals surface area contributed by atoms with Crippen LogP contribution in [-0.4, -0.2) is 23.7 Å². The molecule has 0 aliphatic heterocycles. The zero-order chi connectivity index (χ0) is 14.6. The minimum Gasteiger partial charge on any atom is -0.393 e. The molecule has 1 aromatic heterocycles. The second-order valence-corrected chi connectivity index (χ2v) is 7.55. The van der Waals surface area contributed by atoms with Crippen LogP contribution in [0.4, 0.5) is 0 Å². The molecule has 1 heterocycles. The molecule has 19 heavy (non-hydrogen) atoms. The molecule has 3 nitrogen and oxygen atoms in total. The van der Waals surface area contributed by atoms with E-state index in [1.807, 2.05) is 32.9 Å². The number of hydrogen-bond acceptors (Lipinski definition) is 3. The molecule has 0 fully saturated rings. The minimum absolute atomic E-state index is 0.00261. The van der Waals surface area contributed by atoms with E-state index in [1.165, 1.54) is 11.3 Å². The van der Waals surface area contributed by atoms with E-state index in [1.54, 1.807) is 6.92 Å². The summed E-state index contributed by atoms with van der Waals surface area (Å²) >= 11 is 7.31. The summed E-state index contributed by atoms with van der Waals surface area (Å²) in [4.78, 5) is 13.0. The summed E-state index contributed by atoms with van der Waals surface area (Å²) in [6.45, 7) is 8.26. The second-order valence-electron chi connectivity index (χ2n) is 5.80. The van der Waals surface area contributed by atoms with Gasteiger partial charge >= 0.3 is 0 Å². The number of halogens is 1. The number of carbonyl (C=O) groups excluding carboxylic acids is 1. The zero-order valence-electron chi connectivity index (χ0n) is 11.9. The maximum atomic E-state index is 12.1. The van der Waals surface area contributed by atoms with Crippen LogP contribution in [0, 0.1) is 5.41 Å². The zero-order valence-corrected chi connectivity index (χ0v) is 13.4. The topological polar surface area (TPSA) is 49.3 Å². The molecule has 0 radical (unpaired) electrons. The van der Waals surface area contributed by atoms with Crippen molar-refractivity contribution < 1.29 is 9.90 Å². The third kappa shape index (κ3) is 5.51. The Bertz CT molecular complexity index is 429. The smallest absolute Gasteiger partial charge is 0.228 e. The van der Waals surface area contributed by atoms with Crippen molar-refractivity contribution in [3.8, 4) is 0 Å². The Kier molecular flexibility index (Phi) is 5.83. The first-order valence-electron chi connectivity index (χ1n) is 6.42. The Hall–Kier alpha value is -0.580. The van der Waals surface area contributed by atoms with Crippen molar-refractivity contribution in [1.82, 2.24) is 5.32 Å². The van der Waals surface area contributed by atoms with Gasteiger partial charge in [-0.2, -0.15) is 0 Å². The van der Waals surface area contributed by atoms with Gasteiger partial charge in [0.05, 0.1) is 16.4 Å². The number of hydrogen-bond donors (Lipinski definition) is 2. The Morgan fingerprint density at radius 2 is 2.11 bits per heavy atom. The molecule has 0 aliphatic carbocycles. The molecule has 108 valence electrons. The number of carbonyl (C=O) groups is 1. The van der Waals surface area contributed by atoms with Gasteiger partial charge in [0.2, 0.25) is 5.91 Å². The lowest BCUT2D eigenvalue weighted by atomic mass is 9.87. The molecule has 5 heteroatoms. The van der Waals surface area contributed by atoms with Crippen molar-refractivity contribution in [2.75, 3.05) is 6.54 Å². The summed E-state index contributed by atoms with van der Waals surface area (Å²) in [6.07, 6.45) is 0.299. The monoisotopic (exact) mass is 303 g/mol. The van der Waals surface area contributed by atoms with Crippen molar-refractivity contribution >= 4 is 28.8 Å². The molecule has 1 rings (SSSR count). The molecule has 1 aromatic rings. The molecule has 0 aromatic carbocycles. The fourth-order valence-corrected chi connectivity index (χ4v) is 3.15. The molecule has 2 atom stereocenters.